The van der Waals surface area contributed by atoms with Gasteiger partial charge in [-0.3, -0.25) is 14.2 Å². The van der Waals surface area contributed by atoms with Crippen molar-refractivity contribution in [2.75, 3.05) is 13.1 Å². The highest BCUT2D eigenvalue weighted by atomic mass is 79.9. The lowest BCUT2D eigenvalue weighted by molar-refractivity contribution is 0.655. The van der Waals surface area contributed by atoms with Gasteiger partial charge < -0.3 is 11.1 Å². The van der Waals surface area contributed by atoms with Gasteiger partial charge >= 0.3 is 0 Å². The Morgan fingerprint density at radius 2 is 1.73 bits per heavy atom. The van der Waals surface area contributed by atoms with Gasteiger partial charge in [0, 0.05) is 29.0 Å². The number of aromatic amines is 1. The van der Waals surface area contributed by atoms with Gasteiger partial charge in [-0.15, -0.1) is 12.4 Å². The molecule has 0 bridgehead atoms. The summed E-state index contributed by atoms with van der Waals surface area (Å²) < 4.78 is 2.87. The van der Waals surface area contributed by atoms with Crippen molar-refractivity contribution in [1.82, 2.24) is 19.7 Å². The summed E-state index contributed by atoms with van der Waals surface area (Å²) in [6, 6.07) is 16.0. The molecular weight excluding hydrogens is 466 g/mol. The van der Waals surface area contributed by atoms with Crippen LogP contribution in [0.3, 0.4) is 0 Å². The van der Waals surface area contributed by atoms with E-state index in [-0.39, 0.29) is 18.0 Å². The molecule has 0 amide bonds. The molecule has 0 radical (unpaired) electrons. The fourth-order valence-corrected chi connectivity index (χ4v) is 3.44. The quantitative estimate of drug-likeness (QED) is 0.343. The van der Waals surface area contributed by atoms with Crippen LogP contribution in [0.25, 0.3) is 28.2 Å². The van der Waals surface area contributed by atoms with E-state index in [1.165, 1.54) is 5.56 Å². The Morgan fingerprint density at radius 3 is 2.43 bits per heavy atom. The highest BCUT2D eigenvalue weighted by Crippen LogP contribution is 2.22. The maximum absolute atomic E-state index is 12.6. The topological polar surface area (TPSA) is 88.2 Å². The summed E-state index contributed by atoms with van der Waals surface area (Å²) in [7, 11) is 0. The van der Waals surface area contributed by atoms with E-state index in [1.807, 2.05) is 65.3 Å². The van der Waals surface area contributed by atoms with Crippen molar-refractivity contribution in [3.8, 4) is 22.4 Å². The van der Waals surface area contributed by atoms with E-state index >= 15 is 0 Å². The third kappa shape index (κ3) is 4.99. The molecule has 6 nitrogen and oxygen atoms in total. The van der Waals surface area contributed by atoms with Crippen LogP contribution in [0.5, 0.6) is 0 Å². The first-order valence-electron chi connectivity index (χ1n) is 9.52. The first-order chi connectivity index (χ1) is 14.1. The number of H-pyrrole nitrogens is 1. The summed E-state index contributed by atoms with van der Waals surface area (Å²) in [5, 5.41) is 3.36. The third-order valence-corrected chi connectivity index (χ3v) is 5.29. The fraction of sp³-hybridized carbons (Fsp3) is 0.182. The fourth-order valence-electron chi connectivity index (χ4n) is 3.18. The number of halogens is 2. The van der Waals surface area contributed by atoms with Gasteiger partial charge in [-0.25, -0.2) is 4.98 Å². The second-order valence-electron chi connectivity index (χ2n) is 6.88. The van der Waals surface area contributed by atoms with Crippen LogP contribution in [0.15, 0.2) is 70.2 Å². The lowest BCUT2D eigenvalue weighted by atomic mass is 10.1. The predicted octanol–water partition coefficient (Wildman–Crippen LogP) is 3.98. The van der Waals surface area contributed by atoms with E-state index in [4.69, 9.17) is 5.73 Å². The Balaban J connectivity index is 0.00000256. The molecule has 2 heterocycles. The molecule has 0 aliphatic carbocycles. The Morgan fingerprint density at radius 1 is 1.03 bits per heavy atom. The molecule has 2 aromatic carbocycles. The molecule has 0 atom stereocenters. The van der Waals surface area contributed by atoms with Crippen LogP contribution in [-0.4, -0.2) is 27.5 Å². The monoisotopic (exact) mass is 487 g/mol. The zero-order valence-electron chi connectivity index (χ0n) is 16.3. The minimum Gasteiger partial charge on any atom is -0.330 e. The van der Waals surface area contributed by atoms with Gasteiger partial charge in [-0.2, -0.15) is 0 Å². The van der Waals surface area contributed by atoms with Crippen molar-refractivity contribution in [1.29, 1.82) is 0 Å². The zero-order valence-corrected chi connectivity index (χ0v) is 18.7. The highest BCUT2D eigenvalue weighted by Gasteiger charge is 2.10. The normalized spacial score (nSPS) is 10.9. The highest BCUT2D eigenvalue weighted by molar-refractivity contribution is 9.10. The molecule has 0 saturated carbocycles. The van der Waals surface area contributed by atoms with Crippen LogP contribution in [0, 0.1) is 0 Å². The van der Waals surface area contributed by atoms with Gasteiger partial charge in [0.05, 0.1) is 11.3 Å². The average Bonchev–Trinajstić information content (AvgIpc) is 3.14. The Hall–Kier alpha value is -2.45. The smallest absolute Gasteiger partial charge is 0.260 e. The van der Waals surface area contributed by atoms with E-state index in [0.717, 1.165) is 40.8 Å². The molecule has 0 aliphatic heterocycles. The van der Waals surface area contributed by atoms with Gasteiger partial charge in [0.2, 0.25) is 5.78 Å². The van der Waals surface area contributed by atoms with Gasteiger partial charge in [-0.05, 0) is 42.8 Å². The third-order valence-electron chi connectivity index (χ3n) is 4.76. The molecule has 4 aromatic rings. The first-order valence-corrected chi connectivity index (χ1v) is 10.3. The number of rotatable bonds is 7. The van der Waals surface area contributed by atoms with E-state index < -0.39 is 0 Å². The zero-order chi connectivity index (χ0) is 20.2. The van der Waals surface area contributed by atoms with E-state index in [9.17, 15) is 4.79 Å². The number of aromatic nitrogens is 3. The minimum atomic E-state index is -0.153. The largest absolute Gasteiger partial charge is 0.330 e. The number of hydrogen-bond donors (Lipinski definition) is 3. The molecule has 30 heavy (non-hydrogen) atoms. The molecule has 4 rings (SSSR count). The number of imidazole rings is 1. The molecule has 4 N–H and O–H groups in total. The van der Waals surface area contributed by atoms with E-state index in [2.05, 4.69) is 31.2 Å². The van der Waals surface area contributed by atoms with Crippen LogP contribution in [0.4, 0.5) is 0 Å². The van der Waals surface area contributed by atoms with Crippen LogP contribution in [0.1, 0.15) is 12.0 Å². The maximum Gasteiger partial charge on any atom is 0.260 e. The number of nitrogens with zero attached hydrogens (tertiary/aromatic N) is 2. The lowest BCUT2D eigenvalue weighted by Gasteiger charge is -2.06. The van der Waals surface area contributed by atoms with Crippen LogP contribution >= 0.6 is 28.3 Å². The summed E-state index contributed by atoms with van der Waals surface area (Å²) in [5.41, 5.74) is 9.81. The SMILES string of the molecule is Cl.NCCCNCc1ccc(-c2cn3cc(-c4ccc(Br)cc4)nc3[nH]c2=O)cc1. The predicted molar refractivity (Wildman–Crippen MR) is 127 cm³/mol. The number of nitrogens with two attached hydrogens (primary N) is 1. The second kappa shape index (κ2) is 10.0. The van der Waals surface area contributed by atoms with Gasteiger partial charge in [-0.1, -0.05) is 52.3 Å². The molecule has 0 aliphatic rings. The standard InChI is InChI=1S/C22H22BrN5O.ClH/c23-18-8-6-17(7-9-18)20-14-28-13-19(21(29)27-22(28)26-20)16-4-2-15(3-5-16)12-25-11-1-10-24;/h2-9,13-14,25H,1,10-12,24H2,(H,26,27,29);1H. The van der Waals surface area contributed by atoms with Crippen molar-refractivity contribution in [2.24, 2.45) is 5.73 Å². The second-order valence-corrected chi connectivity index (χ2v) is 7.79. The summed E-state index contributed by atoms with van der Waals surface area (Å²) in [6.45, 7) is 2.37. The summed E-state index contributed by atoms with van der Waals surface area (Å²) in [5.74, 6) is 0.525. The molecule has 2 aromatic heterocycles. The Bertz CT molecular complexity index is 1170. The molecule has 0 fully saturated rings. The average molecular weight is 489 g/mol. The Labute approximate surface area is 189 Å². The van der Waals surface area contributed by atoms with Crippen molar-refractivity contribution in [3.05, 3.63) is 81.3 Å². The molecule has 8 heteroatoms. The van der Waals surface area contributed by atoms with Gasteiger partial charge in [0.15, 0.2) is 0 Å². The van der Waals surface area contributed by atoms with Crippen LogP contribution < -0.4 is 16.6 Å². The number of nitrogens with one attached hydrogen (secondary N) is 2. The van der Waals surface area contributed by atoms with Crippen LogP contribution in [0.2, 0.25) is 0 Å². The number of fused-ring (bicyclic) bond motifs is 1. The maximum atomic E-state index is 12.6. The summed E-state index contributed by atoms with van der Waals surface area (Å²) >= 11 is 3.44. The summed E-state index contributed by atoms with van der Waals surface area (Å²) in [4.78, 5) is 20.0. The van der Waals surface area contributed by atoms with Crippen LogP contribution in [-0.2, 0) is 6.54 Å². The minimum absolute atomic E-state index is 0. The first kappa shape index (κ1) is 22.2. The molecule has 0 unspecified atom stereocenters. The Kier molecular flexibility index (Phi) is 7.44. The van der Waals surface area contributed by atoms with Crippen molar-refractivity contribution >= 4 is 34.1 Å². The number of hydrogen-bond acceptors (Lipinski definition) is 4. The molecule has 0 spiro atoms. The molecular formula is C22H23BrClN5O. The van der Waals surface area contributed by atoms with E-state index in [1.54, 1.807) is 0 Å². The number of benzene rings is 2. The van der Waals surface area contributed by atoms with Crippen molar-refractivity contribution in [3.63, 3.8) is 0 Å². The summed E-state index contributed by atoms with van der Waals surface area (Å²) in [6.07, 6.45) is 4.71. The lowest BCUT2D eigenvalue weighted by Crippen LogP contribution is -2.17. The molecule has 0 saturated heterocycles. The van der Waals surface area contributed by atoms with Crippen molar-refractivity contribution < 1.29 is 0 Å². The van der Waals surface area contributed by atoms with E-state index in [0.29, 0.717) is 17.9 Å². The van der Waals surface area contributed by atoms with Gasteiger partial charge in [0.25, 0.3) is 5.56 Å². The van der Waals surface area contributed by atoms with Gasteiger partial charge in [0.1, 0.15) is 0 Å². The molecule has 156 valence electrons. The van der Waals surface area contributed by atoms with Crippen molar-refractivity contribution in [2.45, 2.75) is 13.0 Å².